The minimum absolute atomic E-state index is 0.0498. The molecule has 4 rings (SSSR count). The van der Waals surface area contributed by atoms with Gasteiger partial charge in [-0.3, -0.25) is 9.69 Å². The number of hydrogen-bond donors (Lipinski definition) is 2. The van der Waals surface area contributed by atoms with Crippen molar-refractivity contribution < 1.29 is 4.79 Å². The van der Waals surface area contributed by atoms with Gasteiger partial charge in [0.15, 0.2) is 0 Å². The molecule has 1 saturated heterocycles. The highest BCUT2D eigenvalue weighted by molar-refractivity contribution is 6.07. The second-order valence-electron chi connectivity index (χ2n) is 9.56. The molecular weight excluding hydrogens is 358 g/mol. The van der Waals surface area contributed by atoms with E-state index in [2.05, 4.69) is 62.6 Å². The molecule has 2 aromatic rings. The molecule has 4 heteroatoms. The smallest absolute Gasteiger partial charge is 0.245 e. The molecule has 2 aliphatic rings. The first-order valence-corrected chi connectivity index (χ1v) is 10.5. The van der Waals surface area contributed by atoms with Gasteiger partial charge in [-0.15, -0.1) is 0 Å². The first kappa shape index (κ1) is 19.9. The van der Waals surface area contributed by atoms with Crippen LogP contribution in [0.3, 0.4) is 0 Å². The van der Waals surface area contributed by atoms with Crippen molar-refractivity contribution in [3.63, 3.8) is 0 Å². The number of carbonyl (C=O) groups is 1. The van der Waals surface area contributed by atoms with Gasteiger partial charge >= 0.3 is 0 Å². The average Bonchev–Trinajstić information content (AvgIpc) is 2.80. The third-order valence-corrected chi connectivity index (χ3v) is 5.78. The highest BCUT2D eigenvalue weighted by Crippen LogP contribution is 2.36. The molecule has 1 amide bonds. The molecule has 2 N–H and O–H groups in total. The van der Waals surface area contributed by atoms with Gasteiger partial charge < -0.3 is 10.6 Å². The highest BCUT2D eigenvalue weighted by atomic mass is 16.2. The number of nitrogens with one attached hydrogen (secondary N) is 2. The summed E-state index contributed by atoms with van der Waals surface area (Å²) < 4.78 is 0. The molecule has 0 aromatic heterocycles. The van der Waals surface area contributed by atoms with Gasteiger partial charge in [0.25, 0.3) is 0 Å². The summed E-state index contributed by atoms with van der Waals surface area (Å²) in [5.41, 5.74) is 4.09. The normalized spacial score (nSPS) is 19.9. The monoisotopic (exact) mass is 389 g/mol. The number of hydrogen-bond acceptors (Lipinski definition) is 3. The quantitative estimate of drug-likeness (QED) is 0.797. The van der Waals surface area contributed by atoms with Gasteiger partial charge in [0.1, 0.15) is 0 Å². The number of benzene rings is 2. The molecule has 0 radical (unpaired) electrons. The molecule has 152 valence electrons. The Morgan fingerprint density at radius 3 is 1.93 bits per heavy atom. The van der Waals surface area contributed by atoms with E-state index < -0.39 is 0 Å². The van der Waals surface area contributed by atoms with Crippen LogP contribution in [0.15, 0.2) is 48.5 Å². The van der Waals surface area contributed by atoms with E-state index in [4.69, 9.17) is 0 Å². The van der Waals surface area contributed by atoms with Crippen LogP contribution in [0.5, 0.6) is 0 Å². The lowest BCUT2D eigenvalue weighted by Crippen LogP contribution is -2.62. The second-order valence-corrected chi connectivity index (χ2v) is 9.56. The van der Waals surface area contributed by atoms with Crippen molar-refractivity contribution in [3.05, 3.63) is 59.7 Å². The predicted molar refractivity (Wildman–Crippen MR) is 121 cm³/mol. The average molecular weight is 390 g/mol. The largest absolute Gasteiger partial charge is 0.307 e. The van der Waals surface area contributed by atoms with E-state index in [9.17, 15) is 4.79 Å². The molecule has 0 spiro atoms. The van der Waals surface area contributed by atoms with Gasteiger partial charge in [0.05, 0.1) is 17.9 Å². The van der Waals surface area contributed by atoms with Crippen LogP contribution in [0.4, 0.5) is 11.4 Å². The number of carbonyl (C=O) groups excluding carboxylic acids is 1. The van der Waals surface area contributed by atoms with E-state index in [1.54, 1.807) is 0 Å². The van der Waals surface area contributed by atoms with Crippen molar-refractivity contribution >= 4 is 29.4 Å². The number of para-hydroxylation sites is 2. The van der Waals surface area contributed by atoms with E-state index in [1.165, 1.54) is 0 Å². The van der Waals surface area contributed by atoms with Crippen molar-refractivity contribution in [2.24, 2.45) is 0 Å². The van der Waals surface area contributed by atoms with Crippen molar-refractivity contribution in [2.75, 3.05) is 11.4 Å². The Kier molecular flexibility index (Phi) is 5.09. The molecule has 1 fully saturated rings. The van der Waals surface area contributed by atoms with Crippen LogP contribution in [-0.2, 0) is 4.79 Å². The van der Waals surface area contributed by atoms with Crippen molar-refractivity contribution in [3.8, 4) is 0 Å². The topological polar surface area (TPSA) is 44.4 Å². The Bertz CT molecular complexity index is 879. The molecular formula is C25H31N3O. The molecule has 0 bridgehead atoms. The van der Waals surface area contributed by atoms with Crippen molar-refractivity contribution in [1.82, 2.24) is 10.6 Å². The van der Waals surface area contributed by atoms with Crippen LogP contribution in [0.1, 0.15) is 51.7 Å². The summed E-state index contributed by atoms with van der Waals surface area (Å²) >= 11 is 0. The number of amides is 1. The van der Waals surface area contributed by atoms with Gasteiger partial charge in [-0.2, -0.15) is 0 Å². The lowest BCUT2D eigenvalue weighted by molar-refractivity contribution is -0.117. The van der Waals surface area contributed by atoms with E-state index in [0.29, 0.717) is 12.6 Å². The van der Waals surface area contributed by atoms with Crippen LogP contribution in [-0.4, -0.2) is 29.6 Å². The third-order valence-electron chi connectivity index (χ3n) is 5.78. The SMILES string of the molecule is CC1(C)CC(NCC(=O)N2c3ccccc3C=Cc3ccccc32)CC(C)(C)N1. The van der Waals surface area contributed by atoms with Crippen molar-refractivity contribution in [1.29, 1.82) is 0 Å². The second kappa shape index (κ2) is 7.43. The lowest BCUT2D eigenvalue weighted by Gasteiger charge is -2.46. The van der Waals surface area contributed by atoms with E-state index >= 15 is 0 Å². The third kappa shape index (κ3) is 4.29. The molecule has 0 aliphatic carbocycles. The number of nitrogens with zero attached hydrogens (tertiary/aromatic N) is 1. The maximum Gasteiger partial charge on any atom is 0.245 e. The van der Waals surface area contributed by atoms with E-state index in [0.717, 1.165) is 35.3 Å². The molecule has 0 atom stereocenters. The Hall–Kier alpha value is -2.43. The standard InChI is InChI=1S/C25H31N3O/c1-24(2)15-20(16-25(3,4)27-24)26-17-23(29)28-21-11-7-5-9-18(21)13-14-19-10-6-8-12-22(19)28/h5-14,20,26-27H,15-17H2,1-4H3. The molecule has 2 aromatic carbocycles. The molecule has 29 heavy (non-hydrogen) atoms. The summed E-state index contributed by atoms with van der Waals surface area (Å²) in [6.45, 7) is 9.25. The van der Waals surface area contributed by atoms with Gasteiger partial charge in [-0.05, 0) is 63.8 Å². The summed E-state index contributed by atoms with van der Waals surface area (Å²) in [6, 6.07) is 16.5. The predicted octanol–water partition coefficient (Wildman–Crippen LogP) is 4.73. The van der Waals surface area contributed by atoms with Crippen LogP contribution < -0.4 is 15.5 Å². The molecule has 2 heterocycles. The van der Waals surface area contributed by atoms with Gasteiger partial charge in [-0.25, -0.2) is 0 Å². The highest BCUT2D eigenvalue weighted by Gasteiger charge is 2.37. The lowest BCUT2D eigenvalue weighted by atomic mass is 9.79. The molecule has 0 unspecified atom stereocenters. The zero-order valence-corrected chi connectivity index (χ0v) is 17.8. The number of fused-ring (bicyclic) bond motifs is 2. The van der Waals surface area contributed by atoms with Crippen LogP contribution in [0, 0.1) is 0 Å². The van der Waals surface area contributed by atoms with Crippen LogP contribution in [0.25, 0.3) is 12.2 Å². The first-order valence-electron chi connectivity index (χ1n) is 10.5. The Morgan fingerprint density at radius 1 is 0.931 bits per heavy atom. The van der Waals surface area contributed by atoms with E-state index in [1.807, 2.05) is 41.3 Å². The summed E-state index contributed by atoms with van der Waals surface area (Å²) in [5, 5.41) is 7.26. The Morgan fingerprint density at radius 2 is 1.41 bits per heavy atom. The fourth-order valence-corrected chi connectivity index (χ4v) is 5.02. The minimum atomic E-state index is 0.0498. The number of rotatable bonds is 3. The Balaban J connectivity index is 1.58. The summed E-state index contributed by atoms with van der Waals surface area (Å²) in [5.74, 6) is 0.0720. The number of piperidine rings is 1. The van der Waals surface area contributed by atoms with Crippen LogP contribution in [0.2, 0.25) is 0 Å². The molecule has 4 nitrogen and oxygen atoms in total. The Labute approximate surface area is 174 Å². The summed E-state index contributed by atoms with van der Waals surface area (Å²) in [7, 11) is 0. The van der Waals surface area contributed by atoms with Crippen molar-refractivity contribution in [2.45, 2.75) is 57.7 Å². The van der Waals surface area contributed by atoms with Crippen LogP contribution >= 0.6 is 0 Å². The fourth-order valence-electron chi connectivity index (χ4n) is 5.02. The zero-order chi connectivity index (χ0) is 20.6. The molecule has 2 aliphatic heterocycles. The zero-order valence-electron chi connectivity index (χ0n) is 17.8. The van der Waals surface area contributed by atoms with Gasteiger partial charge in [-0.1, -0.05) is 48.6 Å². The minimum Gasteiger partial charge on any atom is -0.307 e. The maximum atomic E-state index is 13.5. The van der Waals surface area contributed by atoms with Gasteiger partial charge in [0.2, 0.25) is 5.91 Å². The molecule has 0 saturated carbocycles. The van der Waals surface area contributed by atoms with Gasteiger partial charge in [0, 0.05) is 17.1 Å². The fraction of sp³-hybridized carbons (Fsp3) is 0.400. The maximum absolute atomic E-state index is 13.5. The summed E-state index contributed by atoms with van der Waals surface area (Å²) in [6.07, 6.45) is 6.18. The number of anilines is 2. The van der Waals surface area contributed by atoms with E-state index in [-0.39, 0.29) is 17.0 Å². The first-order chi connectivity index (χ1) is 13.7. The summed E-state index contributed by atoms with van der Waals surface area (Å²) in [4.78, 5) is 15.3.